The number of carbonyl (C=O) groups excluding carboxylic acids is 1. The maximum atomic E-state index is 12.7. The van der Waals surface area contributed by atoms with Crippen LogP contribution in [-0.4, -0.2) is 59.2 Å². The molecule has 4 rings (SSSR count). The number of ether oxygens (including phenoxy) is 1. The molecular weight excluding hydrogens is 394 g/mol. The number of carbonyl (C=O) groups is 1. The summed E-state index contributed by atoms with van der Waals surface area (Å²) >= 11 is 0. The Morgan fingerprint density at radius 3 is 2.42 bits per heavy atom. The molecule has 8 heteroatoms. The van der Waals surface area contributed by atoms with Crippen LogP contribution >= 0.6 is 0 Å². The van der Waals surface area contributed by atoms with Gasteiger partial charge >= 0.3 is 0 Å². The second-order valence-electron chi connectivity index (χ2n) is 7.91. The van der Waals surface area contributed by atoms with Crippen molar-refractivity contribution >= 4 is 11.7 Å². The first-order valence-electron chi connectivity index (χ1n) is 10.5. The van der Waals surface area contributed by atoms with Crippen molar-refractivity contribution in [1.82, 2.24) is 20.0 Å². The van der Waals surface area contributed by atoms with E-state index < -0.39 is 0 Å². The van der Waals surface area contributed by atoms with Crippen LogP contribution in [0.25, 0.3) is 11.4 Å². The van der Waals surface area contributed by atoms with E-state index in [0.717, 1.165) is 35.8 Å². The minimum absolute atomic E-state index is 0.145. The van der Waals surface area contributed by atoms with E-state index >= 15 is 0 Å². The highest BCUT2D eigenvalue weighted by atomic mass is 16.5. The topological polar surface area (TPSA) is 84.6 Å². The number of benzene rings is 1. The average molecular weight is 422 g/mol. The molecule has 0 saturated carbocycles. The number of rotatable bonds is 6. The predicted octanol–water partition coefficient (Wildman–Crippen LogP) is 3.15. The molecule has 0 aliphatic carbocycles. The Hall–Kier alpha value is -3.42. The lowest BCUT2D eigenvalue weighted by Gasteiger charge is -2.35. The molecule has 0 atom stereocenters. The van der Waals surface area contributed by atoms with E-state index in [1.165, 1.54) is 0 Å². The molecular formula is C23H27N5O3. The van der Waals surface area contributed by atoms with Crippen LogP contribution in [0.5, 0.6) is 5.75 Å². The van der Waals surface area contributed by atoms with Crippen molar-refractivity contribution in [2.24, 2.45) is 0 Å². The molecule has 0 unspecified atom stereocenters. The maximum Gasteiger partial charge on any atom is 0.229 e. The Morgan fingerprint density at radius 2 is 1.84 bits per heavy atom. The minimum atomic E-state index is 0.145. The Balaban J connectivity index is 1.32. The van der Waals surface area contributed by atoms with Crippen LogP contribution < -0.4 is 9.64 Å². The van der Waals surface area contributed by atoms with E-state index in [4.69, 9.17) is 9.26 Å². The molecule has 1 amide bonds. The summed E-state index contributed by atoms with van der Waals surface area (Å²) in [6, 6.07) is 11.6. The third-order valence-corrected chi connectivity index (χ3v) is 5.41. The molecule has 8 nitrogen and oxygen atoms in total. The van der Waals surface area contributed by atoms with E-state index in [2.05, 4.69) is 20.0 Å². The zero-order chi connectivity index (χ0) is 21.8. The van der Waals surface area contributed by atoms with Gasteiger partial charge in [-0.1, -0.05) is 31.1 Å². The summed E-state index contributed by atoms with van der Waals surface area (Å²) < 4.78 is 10.4. The third-order valence-electron chi connectivity index (χ3n) is 5.41. The molecule has 1 saturated heterocycles. The summed E-state index contributed by atoms with van der Waals surface area (Å²) in [7, 11) is 1.63. The van der Waals surface area contributed by atoms with Crippen molar-refractivity contribution in [3.05, 3.63) is 54.0 Å². The second-order valence-corrected chi connectivity index (χ2v) is 7.91. The maximum absolute atomic E-state index is 12.7. The molecule has 3 heterocycles. The molecule has 0 spiro atoms. The smallest absolute Gasteiger partial charge is 0.229 e. The summed E-state index contributed by atoms with van der Waals surface area (Å²) in [4.78, 5) is 25.8. The molecule has 1 fully saturated rings. The van der Waals surface area contributed by atoms with E-state index in [0.29, 0.717) is 31.2 Å². The van der Waals surface area contributed by atoms with Gasteiger partial charge in [-0.3, -0.25) is 4.79 Å². The highest BCUT2D eigenvalue weighted by Gasteiger charge is 2.22. The Kier molecular flexibility index (Phi) is 6.16. The minimum Gasteiger partial charge on any atom is -0.497 e. The number of anilines is 1. The van der Waals surface area contributed by atoms with Gasteiger partial charge in [0.2, 0.25) is 17.6 Å². The summed E-state index contributed by atoms with van der Waals surface area (Å²) in [6.07, 6.45) is 2.17. The van der Waals surface area contributed by atoms with Crippen LogP contribution in [0, 0.1) is 0 Å². The van der Waals surface area contributed by atoms with E-state index in [-0.39, 0.29) is 11.8 Å². The highest BCUT2D eigenvalue weighted by Crippen LogP contribution is 2.22. The number of hydrogen-bond donors (Lipinski definition) is 0. The SMILES string of the molecule is COc1ccc(CC(=O)N2CCN(c3ccc(-c4noc(C(C)C)n4)cn3)CC2)cc1. The molecule has 0 N–H and O–H groups in total. The summed E-state index contributed by atoms with van der Waals surface area (Å²) in [5.74, 6) is 3.19. The quantitative estimate of drug-likeness (QED) is 0.604. The molecule has 1 aliphatic heterocycles. The molecule has 1 aromatic carbocycles. The van der Waals surface area contributed by atoms with Crippen molar-refractivity contribution in [2.75, 3.05) is 38.2 Å². The molecule has 31 heavy (non-hydrogen) atoms. The van der Waals surface area contributed by atoms with Crippen LogP contribution in [0.3, 0.4) is 0 Å². The van der Waals surface area contributed by atoms with Gasteiger partial charge in [0.15, 0.2) is 0 Å². The zero-order valence-electron chi connectivity index (χ0n) is 18.1. The molecule has 2 aromatic heterocycles. The molecule has 1 aliphatic rings. The van der Waals surface area contributed by atoms with E-state index in [1.54, 1.807) is 13.3 Å². The standard InChI is InChI=1S/C23H27N5O3/c1-16(2)23-25-22(26-31-23)18-6-9-20(24-15-18)27-10-12-28(13-11-27)21(29)14-17-4-7-19(30-3)8-5-17/h4-9,15-16H,10-14H2,1-3H3. The van der Waals surface area contributed by atoms with Crippen molar-refractivity contribution in [2.45, 2.75) is 26.2 Å². The highest BCUT2D eigenvalue weighted by molar-refractivity contribution is 5.79. The first kappa shape index (κ1) is 20.8. The number of piperazine rings is 1. The van der Waals surface area contributed by atoms with E-state index in [1.807, 2.05) is 55.1 Å². The van der Waals surface area contributed by atoms with Crippen molar-refractivity contribution in [3.8, 4) is 17.1 Å². The number of hydrogen-bond acceptors (Lipinski definition) is 7. The van der Waals surface area contributed by atoms with Gasteiger partial charge in [-0.05, 0) is 29.8 Å². The predicted molar refractivity (Wildman–Crippen MR) is 117 cm³/mol. The molecule has 0 radical (unpaired) electrons. The monoisotopic (exact) mass is 421 g/mol. The lowest BCUT2D eigenvalue weighted by atomic mass is 10.1. The van der Waals surface area contributed by atoms with Crippen LogP contribution in [0.15, 0.2) is 47.1 Å². The van der Waals surface area contributed by atoms with Gasteiger partial charge in [0, 0.05) is 43.9 Å². The number of pyridine rings is 1. The fourth-order valence-corrected chi connectivity index (χ4v) is 3.51. The largest absolute Gasteiger partial charge is 0.497 e. The van der Waals surface area contributed by atoms with Crippen molar-refractivity contribution in [1.29, 1.82) is 0 Å². The van der Waals surface area contributed by atoms with Crippen LogP contribution in [0.4, 0.5) is 5.82 Å². The second kappa shape index (κ2) is 9.16. The Morgan fingerprint density at radius 1 is 1.10 bits per heavy atom. The number of methoxy groups -OCH3 is 1. The normalized spacial score (nSPS) is 14.2. The summed E-state index contributed by atoms with van der Waals surface area (Å²) in [6.45, 7) is 6.89. The fourth-order valence-electron chi connectivity index (χ4n) is 3.51. The lowest BCUT2D eigenvalue weighted by molar-refractivity contribution is -0.130. The van der Waals surface area contributed by atoms with E-state index in [9.17, 15) is 4.79 Å². The molecule has 0 bridgehead atoms. The average Bonchev–Trinajstić information content (AvgIpc) is 3.31. The lowest BCUT2D eigenvalue weighted by Crippen LogP contribution is -2.49. The third kappa shape index (κ3) is 4.84. The zero-order valence-corrected chi connectivity index (χ0v) is 18.1. The van der Waals surface area contributed by atoms with Crippen LogP contribution in [-0.2, 0) is 11.2 Å². The van der Waals surface area contributed by atoms with Crippen LogP contribution in [0.2, 0.25) is 0 Å². The van der Waals surface area contributed by atoms with Gasteiger partial charge in [0.1, 0.15) is 11.6 Å². The van der Waals surface area contributed by atoms with Gasteiger partial charge in [-0.2, -0.15) is 4.98 Å². The molecule has 162 valence electrons. The van der Waals surface area contributed by atoms with Gasteiger partial charge in [0.05, 0.1) is 13.5 Å². The number of amides is 1. The first-order valence-corrected chi connectivity index (χ1v) is 10.5. The Labute approximate surface area is 181 Å². The fraction of sp³-hybridized carbons (Fsp3) is 0.391. The summed E-state index contributed by atoms with van der Waals surface area (Å²) in [5.41, 5.74) is 1.82. The van der Waals surface area contributed by atoms with Crippen molar-refractivity contribution in [3.63, 3.8) is 0 Å². The summed E-state index contributed by atoms with van der Waals surface area (Å²) in [5, 5.41) is 4.03. The number of aromatic nitrogens is 3. The van der Waals surface area contributed by atoms with Gasteiger partial charge in [-0.25, -0.2) is 4.98 Å². The van der Waals surface area contributed by atoms with Crippen LogP contribution in [0.1, 0.15) is 31.2 Å². The molecule has 3 aromatic rings. The van der Waals surface area contributed by atoms with Gasteiger partial charge in [-0.15, -0.1) is 0 Å². The Bertz CT molecular complexity index is 1010. The van der Waals surface area contributed by atoms with Crippen molar-refractivity contribution < 1.29 is 14.1 Å². The number of nitrogens with zero attached hydrogens (tertiary/aromatic N) is 5. The van der Waals surface area contributed by atoms with Gasteiger partial charge in [0.25, 0.3) is 0 Å². The van der Waals surface area contributed by atoms with Gasteiger partial charge < -0.3 is 19.1 Å². The first-order chi connectivity index (χ1) is 15.0.